The Hall–Kier alpha value is -2.62. The van der Waals surface area contributed by atoms with Crippen molar-refractivity contribution in [2.75, 3.05) is 50.0 Å². The fourth-order valence-electron chi connectivity index (χ4n) is 3.40. The van der Waals surface area contributed by atoms with Crippen LogP contribution >= 0.6 is 0 Å². The summed E-state index contributed by atoms with van der Waals surface area (Å²) in [7, 11) is -3.67. The van der Waals surface area contributed by atoms with Crippen LogP contribution in [-0.2, 0) is 19.6 Å². The molecule has 0 radical (unpaired) electrons. The summed E-state index contributed by atoms with van der Waals surface area (Å²) < 4.78 is 37.1. The number of sulfonamides is 1. The molecule has 0 saturated carbocycles. The van der Waals surface area contributed by atoms with Gasteiger partial charge in [0.2, 0.25) is 15.9 Å². The van der Waals surface area contributed by atoms with E-state index in [1.54, 1.807) is 31.2 Å². The summed E-state index contributed by atoms with van der Waals surface area (Å²) >= 11 is 0. The molecule has 1 heterocycles. The topological polar surface area (TPSA) is 88.2 Å². The number of amides is 1. The van der Waals surface area contributed by atoms with E-state index in [1.165, 1.54) is 0 Å². The van der Waals surface area contributed by atoms with Gasteiger partial charge in [-0.1, -0.05) is 18.2 Å². The van der Waals surface area contributed by atoms with E-state index in [2.05, 4.69) is 10.2 Å². The molecule has 1 saturated heterocycles. The highest BCUT2D eigenvalue weighted by Gasteiger charge is 2.29. The Morgan fingerprint density at radius 2 is 1.71 bits per heavy atom. The molecule has 1 amide bonds. The summed E-state index contributed by atoms with van der Waals surface area (Å²) in [6, 6.07) is 15.1. The van der Waals surface area contributed by atoms with Gasteiger partial charge >= 0.3 is 0 Å². The highest BCUT2D eigenvalue weighted by atomic mass is 32.2. The quantitative estimate of drug-likeness (QED) is 0.633. The van der Waals surface area contributed by atoms with E-state index in [1.807, 2.05) is 30.3 Å². The van der Waals surface area contributed by atoms with Crippen LogP contribution < -0.4 is 14.4 Å². The predicted octanol–water partition coefficient (Wildman–Crippen LogP) is 2.08. The number of nitrogens with zero attached hydrogens (tertiary/aromatic N) is 2. The second kappa shape index (κ2) is 10.6. The lowest BCUT2D eigenvalue weighted by molar-refractivity contribution is -0.121. The Morgan fingerprint density at radius 3 is 2.32 bits per heavy atom. The number of morpholine rings is 1. The second-order valence-corrected chi connectivity index (χ2v) is 9.25. The zero-order valence-electron chi connectivity index (χ0n) is 17.9. The SMILES string of the molecule is C[C@H](C(=O)NCCN1CCOCC1)N(c1ccc(Oc2ccccc2)cc1)S(C)(=O)=O. The van der Waals surface area contributed by atoms with Gasteiger partial charge < -0.3 is 14.8 Å². The molecule has 9 heteroatoms. The maximum absolute atomic E-state index is 12.7. The first-order chi connectivity index (χ1) is 14.8. The van der Waals surface area contributed by atoms with Crippen LogP contribution in [0.5, 0.6) is 11.5 Å². The Morgan fingerprint density at radius 1 is 1.10 bits per heavy atom. The lowest BCUT2D eigenvalue weighted by Gasteiger charge is -2.29. The maximum atomic E-state index is 12.7. The van der Waals surface area contributed by atoms with Crippen molar-refractivity contribution in [3.05, 3.63) is 54.6 Å². The first-order valence-corrected chi connectivity index (χ1v) is 12.1. The van der Waals surface area contributed by atoms with Crippen LogP contribution in [0.25, 0.3) is 0 Å². The molecular formula is C22H29N3O5S. The van der Waals surface area contributed by atoms with Gasteiger partial charge in [-0.25, -0.2) is 8.42 Å². The van der Waals surface area contributed by atoms with Crippen molar-refractivity contribution in [2.45, 2.75) is 13.0 Å². The number of hydrogen-bond donors (Lipinski definition) is 1. The van der Waals surface area contributed by atoms with E-state index in [4.69, 9.17) is 9.47 Å². The minimum absolute atomic E-state index is 0.344. The van der Waals surface area contributed by atoms with E-state index in [-0.39, 0.29) is 5.91 Å². The first-order valence-electron chi connectivity index (χ1n) is 10.2. The van der Waals surface area contributed by atoms with Gasteiger partial charge in [-0.05, 0) is 43.3 Å². The number of anilines is 1. The molecule has 1 N–H and O–H groups in total. The van der Waals surface area contributed by atoms with E-state index in [0.29, 0.717) is 43.5 Å². The summed E-state index contributed by atoms with van der Waals surface area (Å²) in [5, 5.41) is 2.84. The molecule has 0 spiro atoms. The minimum Gasteiger partial charge on any atom is -0.457 e. The third-order valence-electron chi connectivity index (χ3n) is 4.99. The lowest BCUT2D eigenvalue weighted by atomic mass is 10.2. The molecular weight excluding hydrogens is 418 g/mol. The molecule has 2 aromatic rings. The smallest absolute Gasteiger partial charge is 0.243 e. The molecule has 0 aliphatic carbocycles. The summed E-state index contributed by atoms with van der Waals surface area (Å²) in [5.74, 6) is 0.914. The van der Waals surface area contributed by atoms with Crippen LogP contribution in [0.2, 0.25) is 0 Å². The molecule has 3 rings (SSSR count). The Bertz CT molecular complexity index is 945. The summed E-state index contributed by atoms with van der Waals surface area (Å²) in [6.45, 7) is 5.78. The van der Waals surface area contributed by atoms with Crippen molar-refractivity contribution in [1.29, 1.82) is 0 Å². The number of benzene rings is 2. The third kappa shape index (κ3) is 6.68. The maximum Gasteiger partial charge on any atom is 0.243 e. The average molecular weight is 448 g/mol. The van der Waals surface area contributed by atoms with E-state index in [9.17, 15) is 13.2 Å². The minimum atomic E-state index is -3.67. The van der Waals surface area contributed by atoms with Gasteiger partial charge in [-0.15, -0.1) is 0 Å². The number of rotatable bonds is 9. The van der Waals surface area contributed by atoms with Crippen LogP contribution in [0.15, 0.2) is 54.6 Å². The highest BCUT2D eigenvalue weighted by Crippen LogP contribution is 2.26. The largest absolute Gasteiger partial charge is 0.457 e. The summed E-state index contributed by atoms with van der Waals surface area (Å²) in [5.41, 5.74) is 0.402. The van der Waals surface area contributed by atoms with Gasteiger partial charge in [0.05, 0.1) is 25.2 Å². The number of ether oxygens (including phenoxy) is 2. The third-order valence-corrected chi connectivity index (χ3v) is 6.23. The van der Waals surface area contributed by atoms with Gasteiger partial charge in [0.25, 0.3) is 0 Å². The highest BCUT2D eigenvalue weighted by molar-refractivity contribution is 7.92. The van der Waals surface area contributed by atoms with Gasteiger partial charge in [-0.3, -0.25) is 14.0 Å². The van der Waals surface area contributed by atoms with Crippen LogP contribution in [0, 0.1) is 0 Å². The van der Waals surface area contributed by atoms with Crippen LogP contribution in [0.3, 0.4) is 0 Å². The number of hydrogen-bond acceptors (Lipinski definition) is 6. The van der Waals surface area contributed by atoms with Gasteiger partial charge in [0, 0.05) is 26.2 Å². The molecule has 1 aliphatic rings. The molecule has 1 fully saturated rings. The summed E-state index contributed by atoms with van der Waals surface area (Å²) in [4.78, 5) is 14.9. The molecule has 2 aromatic carbocycles. The number of carbonyl (C=O) groups excluding carboxylic acids is 1. The van der Waals surface area contributed by atoms with Crippen LogP contribution in [-0.4, -0.2) is 70.9 Å². The molecule has 31 heavy (non-hydrogen) atoms. The van der Waals surface area contributed by atoms with Crippen molar-refractivity contribution in [1.82, 2.24) is 10.2 Å². The van der Waals surface area contributed by atoms with E-state index >= 15 is 0 Å². The van der Waals surface area contributed by atoms with E-state index < -0.39 is 16.1 Å². The van der Waals surface area contributed by atoms with Crippen molar-refractivity contribution in [2.24, 2.45) is 0 Å². The molecule has 168 valence electrons. The fraction of sp³-hybridized carbons (Fsp3) is 0.409. The number of carbonyl (C=O) groups is 1. The Kier molecular flexibility index (Phi) is 7.89. The van der Waals surface area contributed by atoms with Crippen LogP contribution in [0.4, 0.5) is 5.69 Å². The number of para-hydroxylation sites is 1. The molecule has 0 unspecified atom stereocenters. The average Bonchev–Trinajstić information content (AvgIpc) is 2.75. The zero-order chi connectivity index (χ0) is 22.3. The van der Waals surface area contributed by atoms with Crippen LogP contribution in [0.1, 0.15) is 6.92 Å². The molecule has 1 atom stereocenters. The Labute approximate surface area is 183 Å². The molecule has 1 aliphatic heterocycles. The molecule has 0 bridgehead atoms. The van der Waals surface area contributed by atoms with Crippen molar-refractivity contribution >= 4 is 21.6 Å². The number of nitrogens with one attached hydrogen (secondary N) is 1. The van der Waals surface area contributed by atoms with Crippen molar-refractivity contribution in [3.63, 3.8) is 0 Å². The van der Waals surface area contributed by atoms with Crippen molar-refractivity contribution < 1.29 is 22.7 Å². The molecule has 8 nitrogen and oxygen atoms in total. The monoisotopic (exact) mass is 447 g/mol. The molecule has 0 aromatic heterocycles. The Balaban J connectivity index is 1.64. The van der Waals surface area contributed by atoms with Gasteiger partial charge in [0.15, 0.2) is 0 Å². The van der Waals surface area contributed by atoms with Crippen molar-refractivity contribution in [3.8, 4) is 11.5 Å². The predicted molar refractivity (Wildman–Crippen MR) is 120 cm³/mol. The standard InChI is InChI=1S/C22H29N3O5S/c1-18(22(26)23-12-13-24-14-16-29-17-15-24)25(31(2,27)28)19-8-10-21(11-9-19)30-20-6-4-3-5-7-20/h3-11,18H,12-17H2,1-2H3,(H,23,26)/t18-/m1/s1. The second-order valence-electron chi connectivity index (χ2n) is 7.39. The summed E-state index contributed by atoms with van der Waals surface area (Å²) in [6.07, 6.45) is 1.10. The van der Waals surface area contributed by atoms with E-state index in [0.717, 1.165) is 23.7 Å². The normalized spacial score (nSPS) is 15.8. The lowest BCUT2D eigenvalue weighted by Crippen LogP contribution is -2.49. The van der Waals surface area contributed by atoms with Gasteiger partial charge in [-0.2, -0.15) is 0 Å². The first kappa shape index (κ1) is 23.1. The fourth-order valence-corrected chi connectivity index (χ4v) is 4.58. The zero-order valence-corrected chi connectivity index (χ0v) is 18.7. The van der Waals surface area contributed by atoms with Gasteiger partial charge in [0.1, 0.15) is 17.5 Å².